The van der Waals surface area contributed by atoms with Gasteiger partial charge in [0.25, 0.3) is 5.91 Å². The first-order valence-electron chi connectivity index (χ1n) is 8.63. The molecule has 1 aliphatic heterocycles. The monoisotopic (exact) mass is 363 g/mol. The van der Waals surface area contributed by atoms with Gasteiger partial charge < -0.3 is 10.2 Å². The highest BCUT2D eigenvalue weighted by Crippen LogP contribution is 2.30. The van der Waals surface area contributed by atoms with Gasteiger partial charge in [0.05, 0.1) is 5.56 Å². The Morgan fingerprint density at radius 1 is 1.00 bits per heavy atom. The van der Waals surface area contributed by atoms with E-state index in [9.17, 15) is 18.0 Å². The smallest absolute Gasteiger partial charge is 0.357 e. The molecule has 0 bridgehead atoms. The van der Waals surface area contributed by atoms with E-state index in [2.05, 4.69) is 15.2 Å². The van der Waals surface area contributed by atoms with Crippen molar-refractivity contribution in [2.75, 3.05) is 23.3 Å². The Morgan fingerprint density at radius 2 is 1.65 bits per heavy atom. The summed E-state index contributed by atoms with van der Waals surface area (Å²) in [5, 5.41) is 2.63. The zero-order chi connectivity index (χ0) is 18.6. The van der Waals surface area contributed by atoms with E-state index in [1.54, 1.807) is 18.3 Å². The average Bonchev–Trinajstić information content (AvgIpc) is 2.91. The van der Waals surface area contributed by atoms with Gasteiger partial charge in [-0.25, -0.2) is 4.98 Å². The second-order valence-corrected chi connectivity index (χ2v) is 6.33. The molecule has 1 N–H and O–H groups in total. The maximum Gasteiger partial charge on any atom is 0.416 e. The van der Waals surface area contributed by atoms with Gasteiger partial charge in [-0.3, -0.25) is 4.79 Å². The van der Waals surface area contributed by atoms with Gasteiger partial charge in [-0.1, -0.05) is 12.8 Å². The highest BCUT2D eigenvalue weighted by Gasteiger charge is 2.30. The lowest BCUT2D eigenvalue weighted by Crippen LogP contribution is -2.25. The molecule has 0 saturated carbocycles. The largest absolute Gasteiger partial charge is 0.416 e. The van der Waals surface area contributed by atoms with Crippen LogP contribution in [-0.4, -0.2) is 24.0 Å². The van der Waals surface area contributed by atoms with Crippen LogP contribution in [0, 0.1) is 0 Å². The molecule has 0 aliphatic carbocycles. The molecule has 0 atom stereocenters. The lowest BCUT2D eigenvalue weighted by Gasteiger charge is -2.21. The first-order valence-corrected chi connectivity index (χ1v) is 8.63. The van der Waals surface area contributed by atoms with Crippen LogP contribution in [0.1, 0.15) is 41.6 Å². The second kappa shape index (κ2) is 7.76. The van der Waals surface area contributed by atoms with Crippen LogP contribution < -0.4 is 10.2 Å². The van der Waals surface area contributed by atoms with Gasteiger partial charge in [0.15, 0.2) is 0 Å². The first-order chi connectivity index (χ1) is 12.4. The summed E-state index contributed by atoms with van der Waals surface area (Å²) >= 11 is 0. The Hall–Kier alpha value is -2.57. The molecule has 2 aromatic rings. The third kappa shape index (κ3) is 4.53. The normalized spacial score (nSPS) is 15.4. The van der Waals surface area contributed by atoms with E-state index in [4.69, 9.17) is 0 Å². The summed E-state index contributed by atoms with van der Waals surface area (Å²) in [6.45, 7) is 1.83. The number of halogens is 3. The van der Waals surface area contributed by atoms with Crippen molar-refractivity contribution in [1.82, 2.24) is 4.98 Å². The van der Waals surface area contributed by atoms with Crippen LogP contribution in [0.15, 0.2) is 42.6 Å². The molecule has 1 amide bonds. The summed E-state index contributed by atoms with van der Waals surface area (Å²) in [5.41, 5.74) is -0.00172. The molecule has 3 rings (SSSR count). The van der Waals surface area contributed by atoms with Gasteiger partial charge >= 0.3 is 6.18 Å². The van der Waals surface area contributed by atoms with E-state index in [1.807, 2.05) is 0 Å². The maximum atomic E-state index is 12.6. The molecule has 138 valence electrons. The van der Waals surface area contributed by atoms with Crippen LogP contribution in [0.5, 0.6) is 0 Å². The molecule has 1 saturated heterocycles. The Labute approximate surface area is 150 Å². The number of nitrogens with zero attached hydrogens (tertiary/aromatic N) is 2. The van der Waals surface area contributed by atoms with E-state index >= 15 is 0 Å². The fraction of sp³-hybridized carbons (Fsp3) is 0.368. The summed E-state index contributed by atoms with van der Waals surface area (Å²) in [4.78, 5) is 18.9. The average molecular weight is 363 g/mol. The molecule has 1 aromatic carbocycles. The van der Waals surface area contributed by atoms with Crippen molar-refractivity contribution in [2.24, 2.45) is 0 Å². The molecule has 0 unspecified atom stereocenters. The molecular weight excluding hydrogens is 343 g/mol. The Bertz CT molecular complexity index is 751. The van der Waals surface area contributed by atoms with E-state index in [0.717, 1.165) is 43.9 Å². The number of anilines is 2. The number of hydrogen-bond acceptors (Lipinski definition) is 3. The van der Waals surface area contributed by atoms with Crippen LogP contribution >= 0.6 is 0 Å². The van der Waals surface area contributed by atoms with Crippen molar-refractivity contribution in [2.45, 2.75) is 31.9 Å². The highest BCUT2D eigenvalue weighted by molar-refractivity contribution is 6.04. The molecule has 1 aromatic heterocycles. The molecule has 2 heterocycles. The number of amides is 1. The van der Waals surface area contributed by atoms with Crippen LogP contribution in [0.25, 0.3) is 0 Å². The van der Waals surface area contributed by atoms with E-state index in [0.29, 0.717) is 11.3 Å². The molecule has 1 aliphatic rings. The quantitative estimate of drug-likeness (QED) is 0.857. The third-order valence-corrected chi connectivity index (χ3v) is 4.41. The maximum absolute atomic E-state index is 12.6. The van der Waals surface area contributed by atoms with Crippen LogP contribution in [0.4, 0.5) is 24.7 Å². The molecule has 4 nitrogen and oxygen atoms in total. The van der Waals surface area contributed by atoms with Crippen LogP contribution in [0.2, 0.25) is 0 Å². The van der Waals surface area contributed by atoms with Crippen LogP contribution in [0.3, 0.4) is 0 Å². The number of nitrogens with one attached hydrogen (secondary N) is 1. The minimum atomic E-state index is -4.39. The number of alkyl halides is 3. The molecule has 26 heavy (non-hydrogen) atoms. The topological polar surface area (TPSA) is 45.2 Å². The molecule has 1 fully saturated rings. The lowest BCUT2D eigenvalue weighted by molar-refractivity contribution is -0.137. The number of pyridine rings is 1. The molecule has 0 spiro atoms. The van der Waals surface area contributed by atoms with Crippen molar-refractivity contribution in [3.05, 3.63) is 53.7 Å². The minimum absolute atomic E-state index is 0.316. The first kappa shape index (κ1) is 18.2. The number of benzene rings is 1. The van der Waals surface area contributed by atoms with Gasteiger partial charge in [-0.05, 0) is 49.2 Å². The lowest BCUT2D eigenvalue weighted by atomic mass is 10.2. The van der Waals surface area contributed by atoms with E-state index in [-0.39, 0.29) is 5.91 Å². The van der Waals surface area contributed by atoms with Gasteiger partial charge in [0.2, 0.25) is 0 Å². The van der Waals surface area contributed by atoms with Crippen molar-refractivity contribution in [3.8, 4) is 0 Å². The SMILES string of the molecule is O=C(Nc1ccc(C(F)(F)F)cc1)c1ccnc(N2CCCCCC2)c1. The summed E-state index contributed by atoms with van der Waals surface area (Å²) in [7, 11) is 0. The summed E-state index contributed by atoms with van der Waals surface area (Å²) < 4.78 is 37.8. The van der Waals surface area contributed by atoms with Gasteiger partial charge in [-0.2, -0.15) is 13.2 Å². The predicted octanol–water partition coefficient (Wildman–Crippen LogP) is 4.73. The number of carbonyl (C=O) groups is 1. The fourth-order valence-electron chi connectivity index (χ4n) is 2.98. The van der Waals surface area contributed by atoms with E-state index in [1.165, 1.54) is 25.0 Å². The molecule has 0 radical (unpaired) electrons. The van der Waals surface area contributed by atoms with Gasteiger partial charge in [0, 0.05) is 30.5 Å². The fourth-order valence-corrected chi connectivity index (χ4v) is 2.98. The summed E-state index contributed by atoms with van der Waals surface area (Å²) in [6.07, 6.45) is 1.79. The summed E-state index contributed by atoms with van der Waals surface area (Å²) in [6, 6.07) is 7.72. The Morgan fingerprint density at radius 3 is 2.27 bits per heavy atom. The molecule has 7 heteroatoms. The number of carbonyl (C=O) groups excluding carboxylic acids is 1. The number of hydrogen-bond donors (Lipinski definition) is 1. The van der Waals surface area contributed by atoms with E-state index < -0.39 is 11.7 Å². The molecular formula is C19H20F3N3O. The zero-order valence-corrected chi connectivity index (χ0v) is 14.2. The number of aromatic nitrogens is 1. The third-order valence-electron chi connectivity index (χ3n) is 4.41. The standard InChI is InChI=1S/C19H20F3N3O/c20-19(21,22)15-5-7-16(8-6-15)24-18(26)14-9-10-23-17(13-14)25-11-3-1-2-4-12-25/h5-10,13H,1-4,11-12H2,(H,24,26). The Kier molecular flexibility index (Phi) is 5.44. The highest BCUT2D eigenvalue weighted by atomic mass is 19.4. The second-order valence-electron chi connectivity index (χ2n) is 6.33. The van der Waals surface area contributed by atoms with Crippen LogP contribution in [-0.2, 0) is 6.18 Å². The van der Waals surface area contributed by atoms with Gasteiger partial charge in [-0.15, -0.1) is 0 Å². The summed E-state index contributed by atoms with van der Waals surface area (Å²) in [5.74, 6) is 0.384. The van der Waals surface area contributed by atoms with Crippen molar-refractivity contribution < 1.29 is 18.0 Å². The number of rotatable bonds is 3. The van der Waals surface area contributed by atoms with Gasteiger partial charge in [0.1, 0.15) is 5.82 Å². The van der Waals surface area contributed by atoms with Crippen molar-refractivity contribution >= 4 is 17.4 Å². The minimum Gasteiger partial charge on any atom is -0.357 e. The predicted molar refractivity (Wildman–Crippen MR) is 94.3 cm³/mol. The zero-order valence-electron chi connectivity index (χ0n) is 14.2. The van der Waals surface area contributed by atoms with Crippen molar-refractivity contribution in [3.63, 3.8) is 0 Å². The Balaban J connectivity index is 1.70. The van der Waals surface area contributed by atoms with Crippen molar-refractivity contribution in [1.29, 1.82) is 0 Å².